The number of likely N-dealkylation sites (tertiary alicyclic amines) is 1. The second kappa shape index (κ2) is 40.0. The highest BCUT2D eigenvalue weighted by atomic mass is 35.5. The molecule has 30 nitrogen and oxygen atoms in total. The van der Waals surface area contributed by atoms with Gasteiger partial charge in [-0.1, -0.05) is 129 Å². The number of amides is 10. The van der Waals surface area contributed by atoms with Crippen LogP contribution in [0.2, 0.25) is 5.02 Å². The topological polar surface area (TPSA) is 481 Å². The number of aliphatic imine (C=N–C) groups is 2. The number of nitrogens with one attached hydrogen (secondary N) is 9. The predicted molar refractivity (Wildman–Crippen MR) is 396 cm³/mol. The Balaban J connectivity index is 1.15. The smallest absolute Gasteiger partial charge is 0.325 e. The van der Waals surface area contributed by atoms with Gasteiger partial charge in [0.15, 0.2) is 11.9 Å². The van der Waals surface area contributed by atoms with E-state index >= 15 is 9.59 Å². The summed E-state index contributed by atoms with van der Waals surface area (Å²) in [6, 6.07) is 21.7. The van der Waals surface area contributed by atoms with Crippen LogP contribution in [0, 0.1) is 5.92 Å². The summed E-state index contributed by atoms with van der Waals surface area (Å²) in [4.78, 5) is 169. The van der Waals surface area contributed by atoms with Gasteiger partial charge < -0.3 is 85.9 Å². The van der Waals surface area contributed by atoms with Gasteiger partial charge in [-0.25, -0.2) is 0 Å². The van der Waals surface area contributed by atoms with E-state index in [-0.39, 0.29) is 102 Å². The summed E-state index contributed by atoms with van der Waals surface area (Å²) in [7, 11) is 0. The highest BCUT2D eigenvalue weighted by molar-refractivity contribution is 6.30. The molecule has 0 saturated carbocycles. The van der Waals surface area contributed by atoms with Crippen molar-refractivity contribution in [2.75, 3.05) is 26.2 Å². The van der Waals surface area contributed by atoms with Crippen molar-refractivity contribution >= 4 is 110 Å². The van der Waals surface area contributed by atoms with E-state index < -0.39 is 132 Å². The standard InChI is InChI=1S/C74H94ClN17O13/c1-42(2)33-56(64(96)86-55(19-11-31-82-74(78)79)71(103)92-32-12-20-62(92)70(102)83-43(3)72(104)105)87-67(99)59(38-47-22-26-50-15-6-8-17-52(50)35-47)88-63(95)54(18-10-30-81-73(76)77)85-69(101)61(41-93)91-68(100)60(39-48-13-9-29-80-40-48)90-66(98)58(36-45-23-27-53(75)28-24-45)89-65(97)57(84-44(4)94)37-46-21-25-49-14-5-7-16-51(49)34-46/h5-9,13-17,21-29,34-35,40,42-43,54-62,93H,10-12,18-20,30-33,36-39,41H2,1-4H3,(H,83,102)(H,84,94)(H,85,101)(H,86,96)(H,87,99)(H,88,95)(H,89,97)(H,90,98)(H,91,100)(H,104,105)(H4,76,77,81)(H4,78,79,82)/t43-,54+,55+,56+,57-,58+,59+,60+,61+,62-/m1/s1. The van der Waals surface area contributed by atoms with Gasteiger partial charge in [-0.15, -0.1) is 0 Å². The van der Waals surface area contributed by atoms with Gasteiger partial charge in [0, 0.05) is 69.7 Å². The van der Waals surface area contributed by atoms with Gasteiger partial charge in [-0.2, -0.15) is 0 Å². The van der Waals surface area contributed by atoms with Crippen molar-refractivity contribution in [1.29, 1.82) is 0 Å². The molecule has 0 aliphatic carbocycles. The molecule has 5 aromatic carbocycles. The lowest BCUT2D eigenvalue weighted by molar-refractivity contribution is -0.144. The lowest BCUT2D eigenvalue weighted by atomic mass is 9.98. The molecule has 105 heavy (non-hydrogen) atoms. The largest absolute Gasteiger partial charge is 0.480 e. The Labute approximate surface area is 612 Å². The molecule has 31 heteroatoms. The van der Waals surface area contributed by atoms with Gasteiger partial charge in [0.1, 0.15) is 60.4 Å². The lowest BCUT2D eigenvalue weighted by Crippen LogP contribution is -2.61. The van der Waals surface area contributed by atoms with E-state index in [0.29, 0.717) is 33.7 Å². The minimum Gasteiger partial charge on any atom is -0.480 e. The third kappa shape index (κ3) is 25.6. The van der Waals surface area contributed by atoms with Gasteiger partial charge >= 0.3 is 5.97 Å². The number of halogens is 1. The van der Waals surface area contributed by atoms with Crippen LogP contribution in [-0.4, -0.2) is 184 Å². The highest BCUT2D eigenvalue weighted by Crippen LogP contribution is 2.23. The number of pyridine rings is 1. The molecule has 1 saturated heterocycles. The van der Waals surface area contributed by atoms with Crippen molar-refractivity contribution in [3.05, 3.63) is 161 Å². The van der Waals surface area contributed by atoms with E-state index in [1.165, 1.54) is 31.1 Å². The summed E-state index contributed by atoms with van der Waals surface area (Å²) in [6.07, 6.45) is 2.98. The normalized spacial score (nSPS) is 15.2. The summed E-state index contributed by atoms with van der Waals surface area (Å²) in [5, 5.41) is 48.5. The number of hydrogen-bond donors (Lipinski definition) is 15. The van der Waals surface area contributed by atoms with Crippen LogP contribution in [0.1, 0.15) is 94.9 Å². The predicted octanol–water partition coefficient (Wildman–Crippen LogP) is 0.936. The third-order valence-corrected chi connectivity index (χ3v) is 17.7. The average molecular weight is 1470 g/mol. The zero-order valence-corrected chi connectivity index (χ0v) is 59.8. The van der Waals surface area contributed by atoms with Crippen molar-refractivity contribution in [3.8, 4) is 0 Å². The summed E-state index contributed by atoms with van der Waals surface area (Å²) in [6.45, 7) is 5.18. The van der Waals surface area contributed by atoms with Gasteiger partial charge in [0.05, 0.1) is 6.61 Å². The number of nitrogens with zero attached hydrogens (tertiary/aromatic N) is 4. The fourth-order valence-electron chi connectivity index (χ4n) is 12.1. The monoisotopic (exact) mass is 1460 g/mol. The van der Waals surface area contributed by atoms with E-state index in [4.69, 9.17) is 34.5 Å². The Kier molecular flexibility index (Phi) is 30.8. The highest BCUT2D eigenvalue weighted by Gasteiger charge is 2.40. The maximum absolute atomic E-state index is 15.1. The molecule has 19 N–H and O–H groups in total. The van der Waals surface area contributed by atoms with Gasteiger partial charge in [0.25, 0.3) is 0 Å². The van der Waals surface area contributed by atoms with E-state index in [0.717, 1.165) is 21.5 Å². The van der Waals surface area contributed by atoms with E-state index in [9.17, 15) is 53.4 Å². The molecule has 0 unspecified atom stereocenters. The van der Waals surface area contributed by atoms with Crippen LogP contribution in [0.4, 0.5) is 0 Å². The van der Waals surface area contributed by atoms with E-state index in [2.05, 4.69) is 62.8 Å². The SMILES string of the molecule is CC(=O)N[C@H](Cc1ccc2ccccc2c1)C(=O)N[C@@H](Cc1ccc(Cl)cc1)C(=O)N[C@@H](Cc1cccnc1)C(=O)N[C@@H](CO)C(=O)N[C@@H](CCCN=C(N)N)C(=O)N[C@@H](Cc1ccc2ccccc2c1)C(=O)N[C@@H](CC(C)C)C(=O)N[C@@H](CCCN=C(N)N)C(=O)N1CCC[C@@H]1C(=O)N[C@H](C)C(=O)O. The first-order valence-corrected chi connectivity index (χ1v) is 35.1. The van der Waals surface area contributed by atoms with Crippen LogP contribution >= 0.6 is 11.6 Å². The second-order valence-corrected chi connectivity index (χ2v) is 26.8. The number of benzene rings is 5. The number of carboxylic acids is 1. The van der Waals surface area contributed by atoms with Crippen molar-refractivity contribution in [2.24, 2.45) is 38.8 Å². The van der Waals surface area contributed by atoms with Crippen LogP contribution in [-0.2, 0) is 78.4 Å². The molecule has 2 heterocycles. The number of hydrogen-bond acceptors (Lipinski definition) is 15. The molecule has 1 aliphatic rings. The summed E-state index contributed by atoms with van der Waals surface area (Å²) in [5.41, 5.74) is 24.7. The Bertz CT molecular complexity index is 4100. The number of carbonyl (C=O) groups excluding carboxylic acids is 10. The fraction of sp³-hybridized carbons (Fsp3) is 0.405. The minimum atomic E-state index is -1.82. The zero-order valence-electron chi connectivity index (χ0n) is 59.0. The van der Waals surface area contributed by atoms with E-state index in [1.807, 2.05) is 78.9 Å². The molecule has 10 amide bonds. The van der Waals surface area contributed by atoms with Crippen molar-refractivity contribution < 1.29 is 63.0 Å². The molecular weight excluding hydrogens is 1370 g/mol. The fourth-order valence-corrected chi connectivity index (χ4v) is 12.2. The van der Waals surface area contributed by atoms with Gasteiger partial charge in [0.2, 0.25) is 59.1 Å². The molecule has 1 aliphatic heterocycles. The van der Waals surface area contributed by atoms with Crippen LogP contribution in [0.25, 0.3) is 21.5 Å². The number of nitrogens with two attached hydrogens (primary N) is 4. The quantitative estimate of drug-likeness (QED) is 0.0146. The Morgan fingerprint density at radius 2 is 0.943 bits per heavy atom. The van der Waals surface area contributed by atoms with Crippen LogP contribution in [0.15, 0.2) is 144 Å². The van der Waals surface area contributed by atoms with Crippen LogP contribution in [0.3, 0.4) is 0 Å². The van der Waals surface area contributed by atoms with Crippen molar-refractivity contribution in [3.63, 3.8) is 0 Å². The van der Waals surface area contributed by atoms with Gasteiger partial charge in [-0.3, -0.25) is 67.7 Å². The molecule has 560 valence electrons. The van der Waals surface area contributed by atoms with Gasteiger partial charge in [-0.05, 0) is 120 Å². The van der Waals surface area contributed by atoms with Crippen LogP contribution in [0.5, 0.6) is 0 Å². The average Bonchev–Trinajstić information content (AvgIpc) is 1.82. The maximum Gasteiger partial charge on any atom is 0.325 e. The molecule has 10 atom stereocenters. The van der Waals surface area contributed by atoms with Crippen LogP contribution < -0.4 is 70.8 Å². The second-order valence-electron chi connectivity index (χ2n) is 26.3. The molecular formula is C74H94ClN17O13. The molecule has 1 fully saturated rings. The zero-order chi connectivity index (χ0) is 76.3. The lowest BCUT2D eigenvalue weighted by Gasteiger charge is -2.31. The number of aliphatic hydroxyl groups is 1. The molecule has 7 rings (SSSR count). The number of carboxylic acid groups (broad SMARTS) is 1. The van der Waals surface area contributed by atoms with Crippen molar-refractivity contribution in [1.82, 2.24) is 57.7 Å². The molecule has 0 bridgehead atoms. The Morgan fingerprint density at radius 1 is 0.514 bits per heavy atom. The summed E-state index contributed by atoms with van der Waals surface area (Å²) in [5.74, 6) is -10.2. The Hall–Kier alpha value is -11.3. The number of fused-ring (bicyclic) bond motifs is 2. The number of aliphatic hydroxyl groups excluding tert-OH is 1. The third-order valence-electron chi connectivity index (χ3n) is 17.5. The first-order valence-electron chi connectivity index (χ1n) is 34.7. The van der Waals surface area contributed by atoms with Crippen molar-refractivity contribution in [2.45, 2.75) is 159 Å². The molecule has 0 radical (unpaired) electrons. The molecule has 1 aromatic heterocycles. The number of carbonyl (C=O) groups is 11. The van der Waals surface area contributed by atoms with E-state index in [1.54, 1.807) is 56.3 Å². The minimum absolute atomic E-state index is 0.00366. The number of guanidine groups is 2. The maximum atomic E-state index is 15.1. The Morgan fingerprint density at radius 3 is 1.43 bits per heavy atom. The summed E-state index contributed by atoms with van der Waals surface area (Å²) < 4.78 is 0. The first-order chi connectivity index (χ1) is 50.1. The number of aromatic nitrogens is 1. The number of aliphatic carboxylic acids is 1. The number of rotatable bonds is 38. The summed E-state index contributed by atoms with van der Waals surface area (Å²) >= 11 is 6.24. The first kappa shape index (κ1) is 81.0. The molecule has 0 spiro atoms. The molecule has 6 aromatic rings.